The van der Waals surface area contributed by atoms with Gasteiger partial charge >= 0.3 is 5.97 Å². The molecule has 0 bridgehead atoms. The van der Waals surface area contributed by atoms with E-state index in [2.05, 4.69) is 108 Å². The van der Waals surface area contributed by atoms with E-state index in [1.54, 1.807) is 13.2 Å². The Hall–Kier alpha value is -3.48. The van der Waals surface area contributed by atoms with Gasteiger partial charge in [-0.25, -0.2) is 4.79 Å². The Kier molecular flexibility index (Phi) is 14.6. The predicted octanol–water partition coefficient (Wildman–Crippen LogP) is 7.91. The summed E-state index contributed by atoms with van der Waals surface area (Å²) in [5, 5.41) is 13.8. The number of hydrogen-bond acceptors (Lipinski definition) is 9. The minimum absolute atomic E-state index is 0.0246. The van der Waals surface area contributed by atoms with Crippen LogP contribution in [-0.2, 0) is 23.4 Å². The van der Waals surface area contributed by atoms with Crippen LogP contribution in [0.1, 0.15) is 82.6 Å². The molecule has 1 aliphatic heterocycles. The largest absolute Gasteiger partial charge is 0.497 e. The minimum atomic E-state index is -2.76. The highest BCUT2D eigenvalue weighted by atomic mass is 28.4. The van der Waals surface area contributed by atoms with E-state index in [1.165, 1.54) is 17.5 Å². The summed E-state index contributed by atoms with van der Waals surface area (Å²) < 4.78 is 42.5. The number of carbonyl (C=O) groups is 1. The van der Waals surface area contributed by atoms with E-state index >= 15 is 0 Å². The minimum Gasteiger partial charge on any atom is -0.497 e. The second-order valence-corrected chi connectivity index (χ2v) is 28.0. The van der Waals surface area contributed by atoms with E-state index in [4.69, 9.17) is 32.8 Å². The van der Waals surface area contributed by atoms with Crippen molar-refractivity contribution in [1.29, 1.82) is 0 Å². The van der Waals surface area contributed by atoms with Crippen LogP contribution in [0.5, 0.6) is 11.5 Å². The van der Waals surface area contributed by atoms with E-state index in [9.17, 15) is 9.90 Å². The van der Waals surface area contributed by atoms with Crippen LogP contribution in [0.4, 0.5) is 0 Å². The number of esters is 1. The molecule has 1 heterocycles. The van der Waals surface area contributed by atoms with Gasteiger partial charge in [-0.05, 0) is 78.5 Å². The summed E-state index contributed by atoms with van der Waals surface area (Å²) in [6, 6.07) is 25.6. The number of aliphatic hydroxyl groups excluding tert-OH is 1. The molecule has 0 spiro atoms. The third-order valence-electron chi connectivity index (χ3n) is 10.8. The molecule has 6 atom stereocenters. The van der Waals surface area contributed by atoms with Gasteiger partial charge in [-0.3, -0.25) is 0 Å². The zero-order chi connectivity index (χ0) is 41.6. The van der Waals surface area contributed by atoms with Crippen molar-refractivity contribution >= 4 is 32.7 Å². The second-order valence-electron chi connectivity index (χ2n) is 18.1. The van der Waals surface area contributed by atoms with Gasteiger partial charge in [-0.1, -0.05) is 113 Å². The molecule has 1 N–H and O–H groups in total. The SMILES string of the molecule is COCOc1cc(OC)cc(C2CC2C[C@H]2OC(C)(C)O[C@@H]2C(O)C#CC[C@H](C)O[Si](c2ccccc2)(c2ccccc2)C(C)(C)C)c1C(=O)OCC[Si](C)(C)C. The molecule has 310 valence electrons. The molecule has 0 radical (unpaired) electrons. The molecule has 5 rings (SSSR count). The summed E-state index contributed by atoms with van der Waals surface area (Å²) in [6.45, 7) is 19.6. The lowest BCUT2D eigenvalue weighted by Crippen LogP contribution is -2.67. The quantitative estimate of drug-likeness (QED) is 0.0631. The van der Waals surface area contributed by atoms with E-state index < -0.39 is 46.5 Å². The molecule has 2 fully saturated rings. The standard InChI is InChI=1S/C46H64O9Si2/c1-32(55-57(45(2,3)4,35-20-14-12-15-21-35)36-22-16-13-17-23-36)19-18-24-39(47)43-41(53-46(5,6)54-43)28-33-27-37(33)38-29-34(50-8)30-40(52-31-49-7)42(38)44(48)51-25-26-56(9,10)11/h12-17,20-23,29-30,32-33,37,39,41,43,47H,19,25-28,31H2,1-11H3/t32-,33?,37?,39?,41+,43+/m0/s1. The van der Waals surface area contributed by atoms with Crippen molar-refractivity contribution in [1.82, 2.24) is 0 Å². The fourth-order valence-electron chi connectivity index (χ4n) is 7.92. The normalized spacial score (nSPS) is 21.5. The molecule has 9 nitrogen and oxygen atoms in total. The van der Waals surface area contributed by atoms with Gasteiger partial charge in [-0.2, -0.15) is 0 Å². The molecular weight excluding hydrogens is 753 g/mol. The molecular formula is C46H64O9Si2. The lowest BCUT2D eigenvalue weighted by Gasteiger charge is -2.44. The molecule has 2 aliphatic rings. The fraction of sp³-hybridized carbons (Fsp3) is 0.543. The Labute approximate surface area is 342 Å². The van der Waals surface area contributed by atoms with Gasteiger partial charge in [0, 0.05) is 27.7 Å². The first-order valence-corrected chi connectivity index (χ1v) is 25.8. The molecule has 0 aromatic heterocycles. The van der Waals surface area contributed by atoms with Crippen LogP contribution < -0.4 is 19.8 Å². The number of rotatable bonds is 17. The highest BCUT2D eigenvalue weighted by molar-refractivity contribution is 6.99. The summed E-state index contributed by atoms with van der Waals surface area (Å²) in [7, 11) is -1.05. The van der Waals surface area contributed by atoms with Crippen molar-refractivity contribution in [3.63, 3.8) is 0 Å². The third-order valence-corrected chi connectivity index (χ3v) is 17.7. The van der Waals surface area contributed by atoms with Crippen molar-refractivity contribution in [3.05, 3.63) is 83.9 Å². The molecule has 1 saturated carbocycles. The van der Waals surface area contributed by atoms with Crippen LogP contribution in [0.3, 0.4) is 0 Å². The lowest BCUT2D eigenvalue weighted by atomic mass is 9.97. The van der Waals surface area contributed by atoms with Gasteiger partial charge in [0.15, 0.2) is 12.6 Å². The van der Waals surface area contributed by atoms with E-state index in [1.807, 2.05) is 32.0 Å². The van der Waals surface area contributed by atoms with Crippen LogP contribution in [0, 0.1) is 17.8 Å². The summed E-state index contributed by atoms with van der Waals surface area (Å²) >= 11 is 0. The second kappa shape index (κ2) is 18.6. The van der Waals surface area contributed by atoms with Gasteiger partial charge in [0.05, 0.1) is 25.9 Å². The van der Waals surface area contributed by atoms with Gasteiger partial charge in [0.25, 0.3) is 8.32 Å². The first-order valence-electron chi connectivity index (χ1n) is 20.2. The average Bonchev–Trinajstić information content (AvgIpc) is 3.85. The predicted molar refractivity (Wildman–Crippen MR) is 230 cm³/mol. The third kappa shape index (κ3) is 11.2. The maximum absolute atomic E-state index is 13.7. The smallest absolute Gasteiger partial charge is 0.342 e. The Balaban J connectivity index is 1.32. The number of ether oxygens (including phenoxy) is 6. The van der Waals surface area contributed by atoms with E-state index in [-0.39, 0.29) is 29.8 Å². The van der Waals surface area contributed by atoms with E-state index in [0.29, 0.717) is 36.5 Å². The fourth-order valence-corrected chi connectivity index (χ4v) is 13.3. The van der Waals surface area contributed by atoms with Gasteiger partial charge in [0.2, 0.25) is 0 Å². The number of methoxy groups -OCH3 is 2. The molecule has 1 aliphatic carbocycles. The lowest BCUT2D eigenvalue weighted by molar-refractivity contribution is -0.152. The number of aliphatic hydroxyl groups is 1. The van der Waals surface area contributed by atoms with Crippen LogP contribution >= 0.6 is 0 Å². The van der Waals surface area contributed by atoms with E-state index in [0.717, 1.165) is 18.0 Å². The van der Waals surface area contributed by atoms with Crippen molar-refractivity contribution in [2.24, 2.45) is 5.92 Å². The Morgan fingerprint density at radius 2 is 1.61 bits per heavy atom. The molecule has 1 saturated heterocycles. The Morgan fingerprint density at radius 3 is 2.18 bits per heavy atom. The summed E-state index contributed by atoms with van der Waals surface area (Å²) in [4.78, 5) is 13.7. The summed E-state index contributed by atoms with van der Waals surface area (Å²) in [5.41, 5.74) is 1.21. The summed E-state index contributed by atoms with van der Waals surface area (Å²) in [6.07, 6.45) is -0.470. The number of hydrogen-bond donors (Lipinski definition) is 1. The van der Waals surface area contributed by atoms with Crippen LogP contribution in [0.15, 0.2) is 72.8 Å². The molecule has 3 unspecified atom stereocenters. The molecule has 11 heteroatoms. The molecule has 3 aromatic rings. The zero-order valence-corrected chi connectivity index (χ0v) is 37.8. The van der Waals surface area contributed by atoms with Crippen LogP contribution in [-0.4, -0.2) is 85.3 Å². The van der Waals surface area contributed by atoms with Gasteiger partial charge in [-0.15, -0.1) is 0 Å². The first kappa shape index (κ1) is 44.6. The van der Waals surface area contributed by atoms with Gasteiger partial charge in [0.1, 0.15) is 29.3 Å². The van der Waals surface area contributed by atoms with Crippen LogP contribution in [0.2, 0.25) is 30.7 Å². The molecule has 3 aromatic carbocycles. The Morgan fingerprint density at radius 1 is 0.982 bits per heavy atom. The maximum Gasteiger partial charge on any atom is 0.342 e. The highest BCUT2D eigenvalue weighted by Crippen LogP contribution is 2.54. The summed E-state index contributed by atoms with van der Waals surface area (Å²) in [5.74, 6) is 6.16. The van der Waals surface area contributed by atoms with Gasteiger partial charge < -0.3 is 38.0 Å². The van der Waals surface area contributed by atoms with Crippen molar-refractivity contribution in [2.75, 3.05) is 27.6 Å². The van der Waals surface area contributed by atoms with Crippen molar-refractivity contribution in [3.8, 4) is 23.3 Å². The molecule has 57 heavy (non-hydrogen) atoms. The number of carbonyl (C=O) groups excluding carboxylic acids is 1. The average molecular weight is 817 g/mol. The maximum atomic E-state index is 13.7. The Bertz CT molecular complexity index is 1800. The molecule has 0 amide bonds. The number of benzene rings is 3. The van der Waals surface area contributed by atoms with Crippen molar-refractivity contribution in [2.45, 2.75) is 128 Å². The highest BCUT2D eigenvalue weighted by Gasteiger charge is 2.52. The topological polar surface area (TPSA) is 102 Å². The zero-order valence-electron chi connectivity index (χ0n) is 35.8. The van der Waals surface area contributed by atoms with Crippen molar-refractivity contribution < 1.29 is 42.7 Å². The van der Waals surface area contributed by atoms with Crippen LogP contribution in [0.25, 0.3) is 0 Å². The monoisotopic (exact) mass is 816 g/mol. The first-order chi connectivity index (χ1) is 26.9.